The monoisotopic (exact) mass is 268 g/mol. The zero-order valence-electron chi connectivity index (χ0n) is 11.0. The van der Waals surface area contributed by atoms with Gasteiger partial charge in [0, 0.05) is 6.42 Å². The minimum Gasteiger partial charge on any atom is -0.418 e. The van der Waals surface area contributed by atoms with Gasteiger partial charge in [0.05, 0.1) is 32.6 Å². The molecule has 7 heteroatoms. The molecule has 0 aliphatic carbocycles. The van der Waals surface area contributed by atoms with Crippen molar-refractivity contribution in [3.63, 3.8) is 0 Å². The molecule has 0 aromatic carbocycles. The Morgan fingerprint density at radius 1 is 1.28 bits per heavy atom. The zero-order valence-corrected chi connectivity index (χ0v) is 11.0. The predicted octanol–water partition coefficient (Wildman–Crippen LogP) is 3.61. The van der Waals surface area contributed by atoms with Crippen LogP contribution in [0.15, 0.2) is 0 Å². The average Bonchev–Trinajstić information content (AvgIpc) is 2.20. The molecule has 1 rings (SSSR count). The molecule has 1 fully saturated rings. The Morgan fingerprint density at radius 2 is 1.83 bits per heavy atom. The Labute approximate surface area is 106 Å². The molecule has 1 heterocycles. The third-order valence-corrected chi connectivity index (χ3v) is 3.40. The first-order chi connectivity index (χ1) is 8.23. The molecule has 0 saturated carbocycles. The standard InChI is InChI=1S/C11H21N2.BF4/c1-3-9-13(2)10-5-4-6-11(13)7-8-12;2-1(3,4)5/h11H,3-7,9-10H2,1-2H3;/q+1;-1. The summed E-state index contributed by atoms with van der Waals surface area (Å²) in [5.41, 5.74) is 0. The molecule has 0 radical (unpaired) electrons. The first kappa shape index (κ1) is 17.2. The number of piperidine rings is 1. The van der Waals surface area contributed by atoms with Gasteiger partial charge in [-0.2, -0.15) is 5.26 Å². The van der Waals surface area contributed by atoms with Crippen LogP contribution >= 0.6 is 0 Å². The molecule has 0 aromatic rings. The SMILES string of the molecule is CCC[N+]1(C)CCCCC1CC#N.F[B-](F)(F)F. The van der Waals surface area contributed by atoms with Gasteiger partial charge in [0.15, 0.2) is 0 Å². The summed E-state index contributed by atoms with van der Waals surface area (Å²) in [6, 6.07) is 2.95. The number of likely N-dealkylation sites (tertiary alicyclic amines) is 1. The molecule has 2 nitrogen and oxygen atoms in total. The van der Waals surface area contributed by atoms with E-state index in [0.717, 1.165) is 10.9 Å². The van der Waals surface area contributed by atoms with E-state index < -0.39 is 7.25 Å². The van der Waals surface area contributed by atoms with Crippen LogP contribution in [0, 0.1) is 11.3 Å². The van der Waals surface area contributed by atoms with Crippen LogP contribution in [0.4, 0.5) is 17.3 Å². The highest BCUT2D eigenvalue weighted by Gasteiger charge is 2.34. The van der Waals surface area contributed by atoms with Crippen LogP contribution in [-0.4, -0.2) is 37.9 Å². The molecule has 1 saturated heterocycles. The van der Waals surface area contributed by atoms with Gasteiger partial charge in [0.25, 0.3) is 0 Å². The molecule has 18 heavy (non-hydrogen) atoms. The molecule has 2 atom stereocenters. The topological polar surface area (TPSA) is 23.8 Å². The van der Waals surface area contributed by atoms with Crippen LogP contribution < -0.4 is 0 Å². The van der Waals surface area contributed by atoms with Crippen molar-refractivity contribution in [2.45, 2.75) is 45.1 Å². The maximum Gasteiger partial charge on any atom is 0.673 e. The molecule has 106 valence electrons. The van der Waals surface area contributed by atoms with Gasteiger partial charge in [-0.05, 0) is 19.3 Å². The molecule has 0 spiro atoms. The number of quaternary nitrogens is 1. The number of nitriles is 1. The Morgan fingerprint density at radius 3 is 2.28 bits per heavy atom. The fourth-order valence-corrected chi connectivity index (χ4v) is 2.58. The molecule has 0 aromatic heterocycles. The lowest BCUT2D eigenvalue weighted by Gasteiger charge is -2.44. The Kier molecular flexibility index (Phi) is 7.30. The number of hydrogen-bond acceptors (Lipinski definition) is 1. The zero-order chi connectivity index (χ0) is 14.2. The molecule has 0 bridgehead atoms. The van der Waals surface area contributed by atoms with Crippen LogP contribution in [0.5, 0.6) is 0 Å². The molecular weight excluding hydrogens is 247 g/mol. The van der Waals surface area contributed by atoms with E-state index in [4.69, 9.17) is 5.26 Å². The van der Waals surface area contributed by atoms with Crippen molar-refractivity contribution in [2.75, 3.05) is 20.1 Å². The molecule has 0 amide bonds. The molecule has 0 N–H and O–H groups in total. The first-order valence-corrected chi connectivity index (χ1v) is 6.31. The Balaban J connectivity index is 0.000000494. The van der Waals surface area contributed by atoms with E-state index in [1.807, 2.05) is 0 Å². The van der Waals surface area contributed by atoms with Crippen molar-refractivity contribution < 1.29 is 21.7 Å². The number of nitrogens with zero attached hydrogens (tertiary/aromatic N) is 2. The highest BCUT2D eigenvalue weighted by Crippen LogP contribution is 2.26. The number of halogens is 4. The first-order valence-electron chi connectivity index (χ1n) is 6.31. The summed E-state index contributed by atoms with van der Waals surface area (Å²) in [7, 11) is -3.68. The van der Waals surface area contributed by atoms with Crippen LogP contribution in [0.1, 0.15) is 39.0 Å². The third-order valence-electron chi connectivity index (χ3n) is 3.40. The summed E-state index contributed by atoms with van der Waals surface area (Å²) in [6.45, 7) is 4.76. The van der Waals surface area contributed by atoms with Crippen molar-refractivity contribution in [1.82, 2.24) is 0 Å². The van der Waals surface area contributed by atoms with Gasteiger partial charge in [-0.25, -0.2) is 0 Å². The van der Waals surface area contributed by atoms with Gasteiger partial charge in [0.2, 0.25) is 0 Å². The largest absolute Gasteiger partial charge is 0.673 e. The van der Waals surface area contributed by atoms with Crippen LogP contribution in [0.2, 0.25) is 0 Å². The average molecular weight is 268 g/mol. The third kappa shape index (κ3) is 7.54. The van der Waals surface area contributed by atoms with Crippen molar-refractivity contribution in [3.8, 4) is 6.07 Å². The number of hydrogen-bond donors (Lipinski definition) is 0. The quantitative estimate of drug-likeness (QED) is 0.435. The summed E-state index contributed by atoms with van der Waals surface area (Å²) in [6.07, 6.45) is 5.90. The van der Waals surface area contributed by atoms with E-state index in [9.17, 15) is 17.3 Å². The predicted molar refractivity (Wildman–Crippen MR) is 64.3 cm³/mol. The summed E-state index contributed by atoms with van der Waals surface area (Å²) in [4.78, 5) is 0. The van der Waals surface area contributed by atoms with Gasteiger partial charge in [0.1, 0.15) is 6.04 Å². The van der Waals surface area contributed by atoms with Gasteiger partial charge in [-0.1, -0.05) is 6.92 Å². The smallest absolute Gasteiger partial charge is 0.418 e. The van der Waals surface area contributed by atoms with Gasteiger partial charge in [-0.15, -0.1) is 0 Å². The maximum atomic E-state index is 9.75. The van der Waals surface area contributed by atoms with Crippen molar-refractivity contribution >= 4 is 7.25 Å². The summed E-state index contributed by atoms with van der Waals surface area (Å²) >= 11 is 0. The summed E-state index contributed by atoms with van der Waals surface area (Å²) in [5, 5.41) is 8.76. The van der Waals surface area contributed by atoms with E-state index in [-0.39, 0.29) is 0 Å². The van der Waals surface area contributed by atoms with E-state index in [1.165, 1.54) is 38.8 Å². The fraction of sp³-hybridized carbons (Fsp3) is 0.909. The van der Waals surface area contributed by atoms with Gasteiger partial charge < -0.3 is 21.7 Å². The van der Waals surface area contributed by atoms with Crippen molar-refractivity contribution in [3.05, 3.63) is 0 Å². The highest BCUT2D eigenvalue weighted by molar-refractivity contribution is 6.50. The van der Waals surface area contributed by atoms with Crippen molar-refractivity contribution in [1.29, 1.82) is 5.26 Å². The second-order valence-electron chi connectivity index (χ2n) is 4.93. The molecule has 1 aliphatic heterocycles. The minimum atomic E-state index is -6.00. The van der Waals surface area contributed by atoms with Crippen LogP contribution in [-0.2, 0) is 0 Å². The normalized spacial score (nSPS) is 27.9. The van der Waals surface area contributed by atoms with Gasteiger partial charge in [-0.3, -0.25) is 0 Å². The molecular formula is C11H21BF4N2. The van der Waals surface area contributed by atoms with E-state index >= 15 is 0 Å². The number of rotatable bonds is 3. The van der Waals surface area contributed by atoms with Crippen LogP contribution in [0.25, 0.3) is 0 Å². The maximum absolute atomic E-state index is 9.75. The van der Waals surface area contributed by atoms with Gasteiger partial charge >= 0.3 is 7.25 Å². The lowest BCUT2D eigenvalue weighted by atomic mass is 9.96. The summed E-state index contributed by atoms with van der Waals surface area (Å²) < 4.78 is 40.1. The highest BCUT2D eigenvalue weighted by atomic mass is 19.5. The molecule has 1 aliphatic rings. The van der Waals surface area contributed by atoms with E-state index in [0.29, 0.717) is 6.04 Å². The molecule has 2 unspecified atom stereocenters. The Bertz CT molecular complexity index is 267. The van der Waals surface area contributed by atoms with Crippen molar-refractivity contribution in [2.24, 2.45) is 0 Å². The second kappa shape index (κ2) is 7.62. The van der Waals surface area contributed by atoms with E-state index in [1.54, 1.807) is 0 Å². The lowest BCUT2D eigenvalue weighted by Crippen LogP contribution is -2.55. The Hall–Kier alpha value is -0.765. The fourth-order valence-electron chi connectivity index (χ4n) is 2.58. The van der Waals surface area contributed by atoms with E-state index in [2.05, 4.69) is 20.0 Å². The van der Waals surface area contributed by atoms with Crippen LogP contribution in [0.3, 0.4) is 0 Å². The summed E-state index contributed by atoms with van der Waals surface area (Å²) in [5.74, 6) is 0. The second-order valence-corrected chi connectivity index (χ2v) is 4.93. The lowest BCUT2D eigenvalue weighted by molar-refractivity contribution is -0.937. The minimum absolute atomic E-state index is 0.610.